The molecule has 0 amide bonds. The summed E-state index contributed by atoms with van der Waals surface area (Å²) >= 11 is 0. The van der Waals surface area contributed by atoms with Crippen LogP contribution >= 0.6 is 0 Å². The lowest BCUT2D eigenvalue weighted by Crippen LogP contribution is -2.15. The zero-order valence-electron chi connectivity index (χ0n) is 23.0. The second kappa shape index (κ2) is 7.99. The molecule has 0 atom stereocenters. The van der Waals surface area contributed by atoms with E-state index >= 15 is 0 Å². The molecule has 8 aromatic rings. The smallest absolute Gasteiger partial charge is 0.145 e. The Morgan fingerprint density at radius 2 is 1.24 bits per heavy atom. The SMILES string of the molecule is CC1(C)c2ccccc2-c2c1c1c3ccccc3n(-c3ccc(-c4ccccc4)cc3)c1c1c2oc2ccccc21. The molecule has 1 aliphatic rings. The van der Waals surface area contributed by atoms with Gasteiger partial charge in [0, 0.05) is 32.8 Å². The highest BCUT2D eigenvalue weighted by atomic mass is 16.3. The quantitative estimate of drug-likeness (QED) is 0.219. The summed E-state index contributed by atoms with van der Waals surface area (Å²) in [7, 11) is 0. The second-order valence-electron chi connectivity index (χ2n) is 11.7. The first-order chi connectivity index (χ1) is 20.1. The van der Waals surface area contributed by atoms with Crippen LogP contribution in [0.3, 0.4) is 0 Å². The van der Waals surface area contributed by atoms with Crippen LogP contribution in [0.5, 0.6) is 0 Å². The molecule has 0 unspecified atom stereocenters. The third kappa shape index (κ3) is 2.92. The number of para-hydroxylation sites is 2. The van der Waals surface area contributed by atoms with E-state index in [1.807, 2.05) is 0 Å². The van der Waals surface area contributed by atoms with Crippen molar-refractivity contribution in [1.82, 2.24) is 4.57 Å². The van der Waals surface area contributed by atoms with E-state index in [-0.39, 0.29) is 5.41 Å². The molecule has 0 N–H and O–H groups in total. The zero-order chi connectivity index (χ0) is 27.3. The summed E-state index contributed by atoms with van der Waals surface area (Å²) in [5.41, 5.74) is 13.0. The van der Waals surface area contributed by atoms with E-state index in [9.17, 15) is 0 Å². The molecule has 1 aliphatic carbocycles. The minimum Gasteiger partial charge on any atom is -0.455 e. The topological polar surface area (TPSA) is 18.1 Å². The highest BCUT2D eigenvalue weighted by molar-refractivity contribution is 6.30. The Morgan fingerprint density at radius 1 is 0.585 bits per heavy atom. The normalized spacial score (nSPS) is 13.8. The van der Waals surface area contributed by atoms with Gasteiger partial charge in [-0.15, -0.1) is 0 Å². The monoisotopic (exact) mass is 525 g/mol. The second-order valence-corrected chi connectivity index (χ2v) is 11.7. The lowest BCUT2D eigenvalue weighted by molar-refractivity contribution is 0.658. The molecule has 194 valence electrons. The Hall–Kier alpha value is -5.08. The van der Waals surface area contributed by atoms with Crippen LogP contribution in [0.2, 0.25) is 0 Å². The Balaban J connectivity index is 1.49. The van der Waals surface area contributed by atoms with E-state index in [1.54, 1.807) is 0 Å². The van der Waals surface area contributed by atoms with Crippen LogP contribution in [0.25, 0.3) is 71.7 Å². The molecule has 0 fully saturated rings. The van der Waals surface area contributed by atoms with Gasteiger partial charge in [0.05, 0.1) is 16.4 Å². The molecule has 41 heavy (non-hydrogen) atoms. The predicted molar refractivity (Wildman–Crippen MR) is 171 cm³/mol. The van der Waals surface area contributed by atoms with Gasteiger partial charge in [0.25, 0.3) is 0 Å². The molecule has 0 saturated heterocycles. The van der Waals surface area contributed by atoms with E-state index in [1.165, 1.54) is 60.6 Å². The van der Waals surface area contributed by atoms with Crippen LogP contribution in [0.1, 0.15) is 25.0 Å². The van der Waals surface area contributed by atoms with Gasteiger partial charge in [-0.2, -0.15) is 0 Å². The molecule has 0 saturated carbocycles. The number of benzene rings is 6. The van der Waals surface area contributed by atoms with Gasteiger partial charge in [-0.25, -0.2) is 0 Å². The number of hydrogen-bond donors (Lipinski definition) is 0. The van der Waals surface area contributed by atoms with Crippen molar-refractivity contribution < 1.29 is 4.42 Å². The van der Waals surface area contributed by atoms with Crippen LogP contribution in [0.4, 0.5) is 0 Å². The van der Waals surface area contributed by atoms with E-state index in [0.717, 1.165) is 22.2 Å². The lowest BCUT2D eigenvalue weighted by atomic mass is 9.80. The van der Waals surface area contributed by atoms with Crippen molar-refractivity contribution in [2.45, 2.75) is 19.3 Å². The van der Waals surface area contributed by atoms with Gasteiger partial charge in [-0.1, -0.05) is 117 Å². The minimum atomic E-state index is -0.177. The fraction of sp³-hybridized carbons (Fsp3) is 0.0769. The van der Waals surface area contributed by atoms with Gasteiger partial charge in [-0.05, 0) is 52.1 Å². The van der Waals surface area contributed by atoms with Crippen LogP contribution < -0.4 is 0 Å². The average molecular weight is 526 g/mol. The molecule has 0 radical (unpaired) electrons. The standard InChI is InChI=1S/C39H27NO/c1-39(2)30-17-9-6-14-27(30)34-36(39)33-28-15-7-10-18-31(28)40(26-22-20-25(21-23-26)24-12-4-3-5-13-24)37(33)35-29-16-8-11-19-32(29)41-38(34)35/h3-23H,1-2H3. The molecule has 9 rings (SSSR count). The van der Waals surface area contributed by atoms with E-state index in [2.05, 4.69) is 146 Å². The van der Waals surface area contributed by atoms with Crippen molar-refractivity contribution >= 4 is 43.7 Å². The molecular formula is C39H27NO. The highest BCUT2D eigenvalue weighted by Crippen LogP contribution is 2.57. The van der Waals surface area contributed by atoms with Crippen LogP contribution in [0, 0.1) is 0 Å². The maximum absolute atomic E-state index is 6.80. The molecule has 6 aromatic carbocycles. The Bertz CT molecular complexity index is 2310. The Morgan fingerprint density at radius 3 is 2.07 bits per heavy atom. The fourth-order valence-corrected chi connectivity index (χ4v) is 7.39. The van der Waals surface area contributed by atoms with Crippen molar-refractivity contribution in [2.24, 2.45) is 0 Å². The molecule has 2 heterocycles. The molecule has 0 spiro atoms. The van der Waals surface area contributed by atoms with Gasteiger partial charge in [-0.3, -0.25) is 0 Å². The highest BCUT2D eigenvalue weighted by Gasteiger charge is 2.41. The van der Waals surface area contributed by atoms with Crippen LogP contribution in [-0.4, -0.2) is 4.57 Å². The molecule has 2 nitrogen and oxygen atoms in total. The van der Waals surface area contributed by atoms with Crippen LogP contribution in [-0.2, 0) is 5.41 Å². The molecular weight excluding hydrogens is 498 g/mol. The molecule has 0 bridgehead atoms. The van der Waals surface area contributed by atoms with Crippen molar-refractivity contribution in [2.75, 3.05) is 0 Å². The summed E-state index contributed by atoms with van der Waals surface area (Å²) in [6.07, 6.45) is 0. The van der Waals surface area contributed by atoms with Gasteiger partial charge >= 0.3 is 0 Å². The lowest BCUT2D eigenvalue weighted by Gasteiger charge is -2.23. The fourth-order valence-electron chi connectivity index (χ4n) is 7.39. The summed E-state index contributed by atoms with van der Waals surface area (Å²) in [6, 6.07) is 45.8. The average Bonchev–Trinajstić information content (AvgIpc) is 3.64. The molecule has 2 aromatic heterocycles. The number of hydrogen-bond acceptors (Lipinski definition) is 1. The van der Waals surface area contributed by atoms with Gasteiger partial charge in [0.2, 0.25) is 0 Å². The Kier molecular flexibility index (Phi) is 4.42. The number of nitrogens with zero attached hydrogens (tertiary/aromatic N) is 1. The van der Waals surface area contributed by atoms with E-state index in [0.29, 0.717) is 0 Å². The maximum atomic E-state index is 6.80. The minimum absolute atomic E-state index is 0.177. The number of furan rings is 1. The van der Waals surface area contributed by atoms with Crippen molar-refractivity contribution in [3.05, 3.63) is 139 Å². The summed E-state index contributed by atoms with van der Waals surface area (Å²) in [4.78, 5) is 0. The Labute approximate surface area is 238 Å². The summed E-state index contributed by atoms with van der Waals surface area (Å²) in [5.74, 6) is 0. The summed E-state index contributed by atoms with van der Waals surface area (Å²) in [5, 5.41) is 4.94. The van der Waals surface area contributed by atoms with Crippen molar-refractivity contribution in [3.8, 4) is 27.9 Å². The molecule has 0 aliphatic heterocycles. The zero-order valence-corrected chi connectivity index (χ0v) is 23.0. The van der Waals surface area contributed by atoms with Crippen LogP contribution in [0.15, 0.2) is 132 Å². The predicted octanol–water partition coefficient (Wildman–Crippen LogP) is 10.7. The van der Waals surface area contributed by atoms with Crippen molar-refractivity contribution in [3.63, 3.8) is 0 Å². The number of aromatic nitrogens is 1. The molecule has 2 heteroatoms. The maximum Gasteiger partial charge on any atom is 0.145 e. The first kappa shape index (κ1) is 22.7. The summed E-state index contributed by atoms with van der Waals surface area (Å²) < 4.78 is 9.27. The number of rotatable bonds is 2. The van der Waals surface area contributed by atoms with E-state index < -0.39 is 0 Å². The third-order valence-corrected chi connectivity index (χ3v) is 9.16. The van der Waals surface area contributed by atoms with Gasteiger partial charge < -0.3 is 8.98 Å². The van der Waals surface area contributed by atoms with Gasteiger partial charge in [0.1, 0.15) is 11.2 Å². The van der Waals surface area contributed by atoms with Crippen molar-refractivity contribution in [1.29, 1.82) is 0 Å². The third-order valence-electron chi connectivity index (χ3n) is 9.16. The number of fused-ring (bicyclic) bond motifs is 12. The first-order valence-electron chi connectivity index (χ1n) is 14.3. The summed E-state index contributed by atoms with van der Waals surface area (Å²) in [6.45, 7) is 4.73. The van der Waals surface area contributed by atoms with Gasteiger partial charge in [0.15, 0.2) is 0 Å². The largest absolute Gasteiger partial charge is 0.455 e. The first-order valence-corrected chi connectivity index (χ1v) is 14.3. The van der Waals surface area contributed by atoms with E-state index in [4.69, 9.17) is 4.42 Å².